The molecule has 0 saturated carbocycles. The van der Waals surface area contributed by atoms with Gasteiger partial charge in [0, 0.05) is 49.4 Å². The van der Waals surface area contributed by atoms with Crippen molar-refractivity contribution in [2.75, 3.05) is 0 Å². The molecule has 15 aromatic rings. The number of nitrogens with zero attached hydrogens (tertiary/aromatic N) is 7. The summed E-state index contributed by atoms with van der Waals surface area (Å²) in [5.41, 5.74) is 19.5. The highest BCUT2D eigenvalue weighted by Crippen LogP contribution is 2.43. The van der Waals surface area contributed by atoms with E-state index in [0.717, 1.165) is 116 Å². The van der Waals surface area contributed by atoms with E-state index in [9.17, 15) is 10.5 Å². The lowest BCUT2D eigenvalue weighted by molar-refractivity contribution is 1.07. The van der Waals surface area contributed by atoms with Gasteiger partial charge in [0.05, 0.1) is 50.6 Å². The fourth-order valence-electron chi connectivity index (χ4n) is 12.0. The predicted molar refractivity (Wildman–Crippen MR) is 341 cm³/mol. The van der Waals surface area contributed by atoms with Gasteiger partial charge in [-0.05, 0) is 123 Å². The Bertz CT molecular complexity index is 4940. The summed E-state index contributed by atoms with van der Waals surface area (Å²) in [6, 6.07) is 103. The van der Waals surface area contributed by atoms with E-state index in [2.05, 4.69) is 203 Å². The third-order valence-electron chi connectivity index (χ3n) is 16.1. The minimum absolute atomic E-state index is 0.447. The van der Waals surface area contributed by atoms with Gasteiger partial charge in [0.1, 0.15) is 6.07 Å². The first-order valence-electron chi connectivity index (χ1n) is 27.9. The Kier molecular flexibility index (Phi) is 12.2. The number of fused-ring (bicyclic) bond motifs is 6. The highest BCUT2D eigenvalue weighted by molar-refractivity contribution is 6.13. The van der Waals surface area contributed by atoms with Crippen molar-refractivity contribution in [2.45, 2.75) is 0 Å². The lowest BCUT2D eigenvalue weighted by atomic mass is 9.96. The van der Waals surface area contributed by atoms with Gasteiger partial charge in [-0.25, -0.2) is 15.0 Å². The van der Waals surface area contributed by atoms with Crippen LogP contribution in [0.4, 0.5) is 0 Å². The van der Waals surface area contributed by atoms with Gasteiger partial charge in [-0.2, -0.15) is 10.5 Å². The zero-order valence-electron chi connectivity index (χ0n) is 45.3. The Hall–Kier alpha value is -11.8. The molecule has 3 aromatic heterocycles. The van der Waals surface area contributed by atoms with Gasteiger partial charge in [0.2, 0.25) is 0 Å². The summed E-state index contributed by atoms with van der Waals surface area (Å²) < 4.78 is 4.53. The molecule has 12 aromatic carbocycles. The summed E-state index contributed by atoms with van der Waals surface area (Å²) in [6.07, 6.45) is 0. The van der Waals surface area contributed by atoms with Crippen LogP contribution in [0.15, 0.2) is 285 Å². The van der Waals surface area contributed by atoms with Crippen molar-refractivity contribution in [2.24, 2.45) is 0 Å². The van der Waals surface area contributed by atoms with Crippen LogP contribution in [0.2, 0.25) is 0 Å². The van der Waals surface area contributed by atoms with Gasteiger partial charge in [0.15, 0.2) is 17.5 Å². The minimum atomic E-state index is 0.447. The maximum Gasteiger partial charge on any atom is 0.164 e. The molecule has 84 heavy (non-hydrogen) atoms. The molecule has 0 bridgehead atoms. The van der Waals surface area contributed by atoms with Crippen LogP contribution in [0.5, 0.6) is 0 Å². The van der Waals surface area contributed by atoms with E-state index in [1.54, 1.807) is 0 Å². The molecule has 15 rings (SSSR count). The number of aromatic nitrogens is 5. The molecule has 0 saturated heterocycles. The highest BCUT2D eigenvalue weighted by Gasteiger charge is 2.23. The van der Waals surface area contributed by atoms with Crippen LogP contribution >= 0.6 is 0 Å². The molecule has 0 aliphatic carbocycles. The van der Waals surface area contributed by atoms with Crippen molar-refractivity contribution < 1.29 is 0 Å². The average molecular weight is 1070 g/mol. The number of hydrogen-bond acceptors (Lipinski definition) is 5. The van der Waals surface area contributed by atoms with Gasteiger partial charge >= 0.3 is 0 Å². The molecule has 0 spiro atoms. The van der Waals surface area contributed by atoms with Crippen molar-refractivity contribution in [1.29, 1.82) is 10.5 Å². The van der Waals surface area contributed by atoms with Gasteiger partial charge in [-0.1, -0.05) is 206 Å². The topological polar surface area (TPSA) is 96.1 Å². The SMILES string of the molecule is N#Cc1ccccc1-c1ccc(-c2nc(-c3ccccc3)nc(-c3ccc(C#N)c(-n4c5ccc(-c6ccccc6)cc5c5cc(-c6ccccc6)ccc54)c3)n2)cc1-n1c2ccc(-c3ccccc3)cc2c2cc(-c3ccccc3)ccc21. The molecule has 0 aliphatic rings. The average Bonchev–Trinajstić information content (AvgIpc) is 3.70. The zero-order valence-corrected chi connectivity index (χ0v) is 45.3. The minimum Gasteiger partial charge on any atom is -0.309 e. The first-order chi connectivity index (χ1) is 41.5. The summed E-state index contributed by atoms with van der Waals surface area (Å²) in [5, 5.41) is 26.0. The quantitative estimate of drug-likeness (QED) is 0.136. The molecule has 7 nitrogen and oxygen atoms in total. The summed E-state index contributed by atoms with van der Waals surface area (Å²) in [5.74, 6) is 1.41. The molecule has 0 unspecified atom stereocenters. The van der Waals surface area contributed by atoms with Gasteiger partial charge in [-0.15, -0.1) is 0 Å². The number of benzene rings is 12. The third-order valence-corrected chi connectivity index (χ3v) is 16.1. The molecule has 0 atom stereocenters. The smallest absolute Gasteiger partial charge is 0.164 e. The van der Waals surface area contributed by atoms with Crippen LogP contribution < -0.4 is 0 Å². The monoisotopic (exact) mass is 1070 g/mol. The largest absolute Gasteiger partial charge is 0.309 e. The number of nitriles is 2. The Morgan fingerprint density at radius 2 is 0.560 bits per heavy atom. The van der Waals surface area contributed by atoms with E-state index >= 15 is 0 Å². The van der Waals surface area contributed by atoms with E-state index in [1.807, 2.05) is 103 Å². The summed E-state index contributed by atoms with van der Waals surface area (Å²) in [7, 11) is 0. The highest BCUT2D eigenvalue weighted by atomic mass is 15.0. The second-order valence-corrected chi connectivity index (χ2v) is 21.0. The number of rotatable bonds is 10. The fourth-order valence-corrected chi connectivity index (χ4v) is 12.0. The molecular formula is C77H47N7. The second kappa shape index (κ2) is 20.7. The molecule has 390 valence electrons. The van der Waals surface area contributed by atoms with Crippen LogP contribution in [0.1, 0.15) is 11.1 Å². The van der Waals surface area contributed by atoms with Crippen LogP contribution in [-0.2, 0) is 0 Å². The van der Waals surface area contributed by atoms with E-state index in [0.29, 0.717) is 39.9 Å². The first kappa shape index (κ1) is 49.3. The van der Waals surface area contributed by atoms with Crippen LogP contribution in [0.3, 0.4) is 0 Å². The van der Waals surface area contributed by atoms with Crippen LogP contribution in [0.25, 0.3) is 145 Å². The van der Waals surface area contributed by atoms with Crippen molar-refractivity contribution in [3.8, 4) is 113 Å². The fraction of sp³-hybridized carbons (Fsp3) is 0. The van der Waals surface area contributed by atoms with Crippen molar-refractivity contribution in [3.05, 3.63) is 296 Å². The van der Waals surface area contributed by atoms with E-state index in [-0.39, 0.29) is 0 Å². The Labute approximate surface area is 485 Å². The van der Waals surface area contributed by atoms with Crippen molar-refractivity contribution in [1.82, 2.24) is 24.1 Å². The van der Waals surface area contributed by atoms with Crippen molar-refractivity contribution >= 4 is 43.6 Å². The van der Waals surface area contributed by atoms with Crippen molar-refractivity contribution in [3.63, 3.8) is 0 Å². The molecule has 0 aliphatic heterocycles. The lowest BCUT2D eigenvalue weighted by Crippen LogP contribution is -2.03. The van der Waals surface area contributed by atoms with Gasteiger partial charge in [-0.3, -0.25) is 0 Å². The molecule has 7 heteroatoms. The first-order valence-corrected chi connectivity index (χ1v) is 27.9. The number of hydrogen-bond donors (Lipinski definition) is 0. The van der Waals surface area contributed by atoms with Gasteiger partial charge < -0.3 is 9.13 Å². The van der Waals surface area contributed by atoms with E-state index in [1.165, 1.54) is 0 Å². The Morgan fingerprint density at radius 3 is 0.964 bits per heavy atom. The molecule has 0 amide bonds. The molecule has 3 heterocycles. The van der Waals surface area contributed by atoms with Crippen LogP contribution in [0, 0.1) is 22.7 Å². The maximum atomic E-state index is 11.0. The molecule has 0 radical (unpaired) electrons. The molecule has 0 fully saturated rings. The summed E-state index contributed by atoms with van der Waals surface area (Å²) in [4.78, 5) is 15.9. The second-order valence-electron chi connectivity index (χ2n) is 21.0. The third kappa shape index (κ3) is 8.65. The standard InChI is InChI=1S/C77H47N7/c78-48-61-28-16-17-29-63(61)64-37-32-60(47-74(64)84-71-40-35-57(52-22-10-3-11-23-52)44-67(71)68-45-58(36-41-72(68)84)53-24-12-4-13-25-53)77-81-75(54-26-14-5-15-27-54)80-76(82-77)59-30-31-62(49-79)73(46-59)83-69-38-33-55(50-18-6-1-7-19-50)42-65(69)66-43-56(34-39-70(66)83)51-20-8-2-9-21-51/h1-47H. The molecular weight excluding hydrogens is 1020 g/mol. The Morgan fingerprint density at radius 1 is 0.238 bits per heavy atom. The van der Waals surface area contributed by atoms with Crippen LogP contribution in [-0.4, -0.2) is 24.1 Å². The van der Waals surface area contributed by atoms with Gasteiger partial charge in [0.25, 0.3) is 0 Å². The lowest BCUT2D eigenvalue weighted by Gasteiger charge is -2.17. The summed E-state index contributed by atoms with van der Waals surface area (Å²) in [6.45, 7) is 0. The molecule has 0 N–H and O–H groups in total. The zero-order chi connectivity index (χ0) is 56.1. The normalized spacial score (nSPS) is 11.3. The predicted octanol–water partition coefficient (Wildman–Crippen LogP) is 19.1. The Balaban J connectivity index is 0.948. The van der Waals surface area contributed by atoms with E-state index < -0.39 is 0 Å². The maximum absolute atomic E-state index is 11.0. The van der Waals surface area contributed by atoms with E-state index in [4.69, 9.17) is 15.0 Å². The summed E-state index contributed by atoms with van der Waals surface area (Å²) >= 11 is 0.